The Bertz CT molecular complexity index is 620. The fraction of sp³-hybridized carbons (Fsp3) is 0.579. The number of hydrogen-bond donors (Lipinski definition) is 0. The van der Waals surface area contributed by atoms with Crippen LogP contribution in [0.2, 0.25) is 0 Å². The number of rotatable bonds is 2. The van der Waals surface area contributed by atoms with Gasteiger partial charge in [0.2, 0.25) is 0 Å². The van der Waals surface area contributed by atoms with Crippen LogP contribution in [0.4, 0.5) is 10.5 Å². The second-order valence-electron chi connectivity index (χ2n) is 7.31. The zero-order chi connectivity index (χ0) is 18.0. The van der Waals surface area contributed by atoms with Crippen molar-refractivity contribution in [2.24, 2.45) is 5.41 Å². The van der Waals surface area contributed by atoms with Crippen LogP contribution >= 0.6 is 0 Å². The van der Waals surface area contributed by atoms with E-state index in [9.17, 15) is 9.59 Å². The van der Waals surface area contributed by atoms with E-state index in [0.29, 0.717) is 25.8 Å². The van der Waals surface area contributed by atoms with Crippen molar-refractivity contribution in [3.05, 3.63) is 29.8 Å². The van der Waals surface area contributed by atoms with Gasteiger partial charge in [-0.05, 0) is 51.7 Å². The molecule has 1 unspecified atom stereocenters. The van der Waals surface area contributed by atoms with Crippen LogP contribution in [0.25, 0.3) is 0 Å². The topological polar surface area (TPSA) is 55.8 Å². The molecule has 0 N–H and O–H groups in total. The van der Waals surface area contributed by atoms with E-state index in [1.165, 1.54) is 7.11 Å². The van der Waals surface area contributed by atoms with E-state index in [2.05, 4.69) is 0 Å². The van der Waals surface area contributed by atoms with Crippen LogP contribution in [-0.2, 0) is 20.7 Å². The maximum Gasteiger partial charge on any atom is 0.414 e. The van der Waals surface area contributed by atoms with Crippen molar-refractivity contribution in [1.82, 2.24) is 0 Å². The average molecular weight is 333 g/mol. The summed E-state index contributed by atoms with van der Waals surface area (Å²) in [4.78, 5) is 26.7. The van der Waals surface area contributed by atoms with Crippen LogP contribution in [0.3, 0.4) is 0 Å². The number of anilines is 1. The molecule has 0 spiro atoms. The van der Waals surface area contributed by atoms with Gasteiger partial charge in [-0.25, -0.2) is 4.79 Å². The molecule has 0 radical (unpaired) electrons. The molecule has 1 aliphatic rings. The van der Waals surface area contributed by atoms with Crippen molar-refractivity contribution in [3.8, 4) is 0 Å². The molecule has 0 aliphatic carbocycles. The van der Waals surface area contributed by atoms with Crippen LogP contribution in [-0.4, -0.2) is 31.3 Å². The minimum absolute atomic E-state index is 0.217. The lowest BCUT2D eigenvalue weighted by Crippen LogP contribution is -2.39. The average Bonchev–Trinajstić information content (AvgIpc) is 2.69. The lowest BCUT2D eigenvalue weighted by molar-refractivity contribution is -0.153. The van der Waals surface area contributed by atoms with Crippen molar-refractivity contribution < 1.29 is 19.1 Å². The molecule has 132 valence electrons. The van der Waals surface area contributed by atoms with Crippen molar-refractivity contribution >= 4 is 17.7 Å². The van der Waals surface area contributed by atoms with Crippen LogP contribution in [0.1, 0.15) is 46.1 Å². The Morgan fingerprint density at radius 3 is 2.50 bits per heavy atom. The number of carbonyl (C=O) groups excluding carboxylic acids is 2. The first-order valence-corrected chi connectivity index (χ1v) is 8.39. The maximum absolute atomic E-state index is 12.7. The molecule has 1 aromatic rings. The van der Waals surface area contributed by atoms with Crippen LogP contribution in [0.5, 0.6) is 0 Å². The minimum atomic E-state index is -0.610. The SMILES string of the molecule is CCC1(C(=O)OC)CCN(C(=O)OC(C)(C)C)c2ccccc2C1. The van der Waals surface area contributed by atoms with Gasteiger partial charge in [-0.3, -0.25) is 9.69 Å². The third-order valence-electron chi connectivity index (χ3n) is 4.53. The number of hydrogen-bond acceptors (Lipinski definition) is 4. The van der Waals surface area contributed by atoms with Gasteiger partial charge in [-0.15, -0.1) is 0 Å². The normalized spacial score (nSPS) is 20.8. The van der Waals surface area contributed by atoms with E-state index in [-0.39, 0.29) is 12.1 Å². The first-order valence-electron chi connectivity index (χ1n) is 8.39. The van der Waals surface area contributed by atoms with Crippen molar-refractivity contribution in [3.63, 3.8) is 0 Å². The van der Waals surface area contributed by atoms with Crippen LogP contribution in [0, 0.1) is 5.41 Å². The molecule has 1 amide bonds. The number of esters is 1. The van der Waals surface area contributed by atoms with E-state index in [4.69, 9.17) is 9.47 Å². The highest BCUT2D eigenvalue weighted by molar-refractivity contribution is 5.90. The van der Waals surface area contributed by atoms with E-state index in [1.807, 2.05) is 52.0 Å². The fourth-order valence-corrected chi connectivity index (χ4v) is 3.17. The summed E-state index contributed by atoms with van der Waals surface area (Å²) < 4.78 is 10.6. The molecular weight excluding hydrogens is 306 g/mol. The largest absolute Gasteiger partial charge is 0.469 e. The number of amides is 1. The zero-order valence-corrected chi connectivity index (χ0v) is 15.2. The number of carbonyl (C=O) groups is 2. The molecule has 24 heavy (non-hydrogen) atoms. The van der Waals surface area contributed by atoms with Gasteiger partial charge >= 0.3 is 12.1 Å². The van der Waals surface area contributed by atoms with Crippen molar-refractivity contribution in [2.45, 2.75) is 52.6 Å². The van der Waals surface area contributed by atoms with E-state index >= 15 is 0 Å². The Morgan fingerprint density at radius 1 is 1.25 bits per heavy atom. The standard InChI is InChI=1S/C19H27NO4/c1-6-19(16(21)23-5)11-12-20(17(22)24-18(2,3)4)15-10-8-7-9-14(15)13-19/h7-10H,6,11-13H2,1-5H3. The number of fused-ring (bicyclic) bond motifs is 1. The predicted octanol–water partition coefficient (Wildman–Crippen LogP) is 3.94. The summed E-state index contributed by atoms with van der Waals surface area (Å²) in [5.41, 5.74) is 0.600. The molecule has 1 aliphatic heterocycles. The maximum atomic E-state index is 12.7. The van der Waals surface area contributed by atoms with Gasteiger partial charge in [0.15, 0.2) is 0 Å². The molecule has 0 saturated carbocycles. The van der Waals surface area contributed by atoms with Crippen LogP contribution in [0.15, 0.2) is 24.3 Å². The molecule has 2 rings (SSSR count). The number of benzene rings is 1. The summed E-state index contributed by atoms with van der Waals surface area (Å²) in [6, 6.07) is 7.69. The lowest BCUT2D eigenvalue weighted by Gasteiger charge is -2.29. The summed E-state index contributed by atoms with van der Waals surface area (Å²) in [7, 11) is 1.42. The Morgan fingerprint density at radius 2 is 1.92 bits per heavy atom. The van der Waals surface area contributed by atoms with Gasteiger partial charge in [0, 0.05) is 6.54 Å². The Labute approximate surface area is 143 Å². The highest BCUT2D eigenvalue weighted by Gasteiger charge is 2.42. The summed E-state index contributed by atoms with van der Waals surface area (Å²) in [6.45, 7) is 7.95. The zero-order valence-electron chi connectivity index (χ0n) is 15.2. The second-order valence-corrected chi connectivity index (χ2v) is 7.31. The van der Waals surface area contributed by atoms with Crippen LogP contribution < -0.4 is 4.90 Å². The molecule has 5 nitrogen and oxygen atoms in total. The number of para-hydroxylation sites is 1. The molecule has 0 bridgehead atoms. The molecule has 5 heteroatoms. The molecule has 1 heterocycles. The second kappa shape index (κ2) is 6.83. The van der Waals surface area contributed by atoms with Gasteiger partial charge in [-0.1, -0.05) is 25.1 Å². The van der Waals surface area contributed by atoms with E-state index in [0.717, 1.165) is 11.3 Å². The highest BCUT2D eigenvalue weighted by atomic mass is 16.6. The van der Waals surface area contributed by atoms with Gasteiger partial charge in [0.1, 0.15) is 5.60 Å². The first kappa shape index (κ1) is 18.3. The lowest BCUT2D eigenvalue weighted by atomic mass is 9.77. The number of ether oxygens (including phenoxy) is 2. The highest BCUT2D eigenvalue weighted by Crippen LogP contribution is 2.39. The molecule has 0 aromatic heterocycles. The molecular formula is C19H27NO4. The Hall–Kier alpha value is -2.04. The fourth-order valence-electron chi connectivity index (χ4n) is 3.17. The molecule has 0 fully saturated rings. The van der Waals surface area contributed by atoms with Gasteiger partial charge in [0.05, 0.1) is 18.2 Å². The van der Waals surface area contributed by atoms with Gasteiger partial charge < -0.3 is 9.47 Å². The predicted molar refractivity (Wildman–Crippen MR) is 93.1 cm³/mol. The molecule has 1 aromatic carbocycles. The smallest absolute Gasteiger partial charge is 0.414 e. The number of nitrogens with zero attached hydrogens (tertiary/aromatic N) is 1. The number of methoxy groups -OCH3 is 1. The summed E-state index contributed by atoms with van der Waals surface area (Å²) >= 11 is 0. The van der Waals surface area contributed by atoms with Crippen molar-refractivity contribution in [1.29, 1.82) is 0 Å². The first-order chi connectivity index (χ1) is 11.2. The monoisotopic (exact) mass is 333 g/mol. The van der Waals surface area contributed by atoms with E-state index in [1.54, 1.807) is 4.90 Å². The quantitative estimate of drug-likeness (QED) is 0.769. The van der Waals surface area contributed by atoms with E-state index < -0.39 is 11.0 Å². The minimum Gasteiger partial charge on any atom is -0.469 e. The van der Waals surface area contributed by atoms with Crippen molar-refractivity contribution in [2.75, 3.05) is 18.6 Å². The Kier molecular flexibility index (Phi) is 5.21. The van der Waals surface area contributed by atoms with Gasteiger partial charge in [0.25, 0.3) is 0 Å². The molecule has 0 saturated heterocycles. The summed E-state index contributed by atoms with van der Waals surface area (Å²) in [6.07, 6.45) is 1.39. The van der Waals surface area contributed by atoms with Gasteiger partial charge in [-0.2, -0.15) is 0 Å². The Balaban J connectivity index is 2.41. The summed E-state index contributed by atoms with van der Waals surface area (Å²) in [5.74, 6) is -0.217. The molecule has 1 atom stereocenters. The summed E-state index contributed by atoms with van der Waals surface area (Å²) in [5, 5.41) is 0. The third-order valence-corrected chi connectivity index (χ3v) is 4.53. The third kappa shape index (κ3) is 3.71.